The summed E-state index contributed by atoms with van der Waals surface area (Å²) in [4.78, 5) is 0. The Morgan fingerprint density at radius 2 is 0.667 bits per heavy atom. The number of rotatable bonds is 24. The van der Waals surface area contributed by atoms with Crippen LogP contribution in [-0.4, -0.2) is 31.2 Å². The molecule has 0 heterocycles. The van der Waals surface area contributed by atoms with Crippen molar-refractivity contribution in [1.29, 1.82) is 0 Å². The first-order valence-corrected chi connectivity index (χ1v) is 16.8. The van der Waals surface area contributed by atoms with Crippen molar-refractivity contribution < 1.29 is 0 Å². The van der Waals surface area contributed by atoms with Crippen LogP contribution in [-0.2, 0) is 0 Å². The standard InChI is InChI=1S/C27H60NP.BrH/c1-4-7-10-13-16-19-24-29(27-22-23-28,25-20-17-14-11-8-5-2)26-21-18-15-12-9-6-3;/h29H,4-28H2,1-3H3;1H. The van der Waals surface area contributed by atoms with Gasteiger partial charge in [0.05, 0.1) is 0 Å². The van der Waals surface area contributed by atoms with E-state index in [0.717, 1.165) is 6.54 Å². The topological polar surface area (TPSA) is 26.0 Å². The van der Waals surface area contributed by atoms with Crippen molar-refractivity contribution in [1.82, 2.24) is 0 Å². The molecule has 0 saturated heterocycles. The summed E-state index contributed by atoms with van der Waals surface area (Å²) in [5, 5.41) is 0. The number of unbranched alkanes of at least 4 members (excludes halogenated alkanes) is 15. The van der Waals surface area contributed by atoms with Crippen molar-refractivity contribution in [2.24, 2.45) is 5.73 Å². The molecule has 0 unspecified atom stereocenters. The van der Waals surface area contributed by atoms with Crippen LogP contribution in [0.25, 0.3) is 0 Å². The second kappa shape index (κ2) is 26.1. The molecule has 0 amide bonds. The molecule has 0 aliphatic carbocycles. The summed E-state index contributed by atoms with van der Waals surface area (Å²) in [6.45, 7) is 7.89. The molecule has 30 heavy (non-hydrogen) atoms. The van der Waals surface area contributed by atoms with Crippen molar-refractivity contribution in [3.05, 3.63) is 0 Å². The van der Waals surface area contributed by atoms with E-state index < -0.39 is 7.26 Å². The molecule has 0 bridgehead atoms. The molecule has 3 heteroatoms. The van der Waals surface area contributed by atoms with E-state index in [2.05, 4.69) is 20.8 Å². The van der Waals surface area contributed by atoms with E-state index >= 15 is 0 Å². The minimum absolute atomic E-state index is 0. The molecule has 0 atom stereocenters. The van der Waals surface area contributed by atoms with Crippen molar-refractivity contribution in [3.8, 4) is 0 Å². The quantitative estimate of drug-likeness (QED) is 0.101. The van der Waals surface area contributed by atoms with Crippen LogP contribution >= 0.6 is 24.2 Å². The third-order valence-corrected chi connectivity index (χ3v) is 12.8. The SMILES string of the molecule is Br.CCCCCCCC[PH](CCCN)(CCCCCCCC)CCCCCCCC. The van der Waals surface area contributed by atoms with E-state index in [9.17, 15) is 0 Å². The molecule has 0 aliphatic heterocycles. The zero-order valence-electron chi connectivity index (χ0n) is 21.5. The second-order valence-electron chi connectivity index (χ2n) is 9.95. The normalized spacial score (nSPS) is 12.1. The first kappa shape index (κ1) is 33.0. The van der Waals surface area contributed by atoms with Crippen LogP contribution < -0.4 is 5.73 Å². The maximum absolute atomic E-state index is 5.99. The Balaban J connectivity index is 0. The van der Waals surface area contributed by atoms with Gasteiger partial charge in [0.15, 0.2) is 0 Å². The third-order valence-electron chi connectivity index (χ3n) is 7.09. The molecule has 0 saturated carbocycles. The number of hydrogen-bond acceptors (Lipinski definition) is 1. The fourth-order valence-electron chi connectivity index (χ4n) is 5.07. The van der Waals surface area contributed by atoms with Crippen LogP contribution in [0.4, 0.5) is 0 Å². The third kappa shape index (κ3) is 20.8. The van der Waals surface area contributed by atoms with Gasteiger partial charge in [0.25, 0.3) is 0 Å². The van der Waals surface area contributed by atoms with Gasteiger partial charge < -0.3 is 0 Å². The van der Waals surface area contributed by atoms with E-state index in [1.165, 1.54) is 128 Å². The molecule has 1 nitrogen and oxygen atoms in total. The van der Waals surface area contributed by atoms with Gasteiger partial charge in [0.2, 0.25) is 0 Å². The zero-order chi connectivity index (χ0) is 21.5. The van der Waals surface area contributed by atoms with Crippen LogP contribution in [0.5, 0.6) is 0 Å². The average Bonchev–Trinajstić information content (AvgIpc) is 2.74. The molecule has 2 N–H and O–H groups in total. The molecule has 0 aromatic heterocycles. The monoisotopic (exact) mass is 509 g/mol. The molecule has 0 aliphatic rings. The summed E-state index contributed by atoms with van der Waals surface area (Å²) in [6.07, 6.45) is 33.9. The van der Waals surface area contributed by atoms with Crippen molar-refractivity contribution in [2.45, 2.75) is 143 Å². The van der Waals surface area contributed by atoms with Gasteiger partial charge in [-0.1, -0.05) is 0 Å². The molecule has 0 radical (unpaired) electrons. The Kier molecular flexibility index (Phi) is 28.8. The Morgan fingerprint density at radius 3 is 0.967 bits per heavy atom. The van der Waals surface area contributed by atoms with Crippen LogP contribution in [0.1, 0.15) is 143 Å². The number of halogens is 1. The minimum atomic E-state index is -1.10. The average molecular weight is 511 g/mol. The fraction of sp³-hybridized carbons (Fsp3) is 1.00. The molecule has 0 fully saturated rings. The van der Waals surface area contributed by atoms with Gasteiger partial charge in [-0.25, -0.2) is 0 Å². The molecule has 0 rings (SSSR count). The number of nitrogens with two attached hydrogens (primary N) is 1. The van der Waals surface area contributed by atoms with Gasteiger partial charge in [0.1, 0.15) is 0 Å². The van der Waals surface area contributed by atoms with E-state index in [4.69, 9.17) is 5.73 Å². The summed E-state index contributed by atoms with van der Waals surface area (Å²) < 4.78 is 0. The van der Waals surface area contributed by atoms with Gasteiger partial charge in [-0.3, -0.25) is 0 Å². The molecule has 0 aromatic rings. The molecule has 186 valence electrons. The molecule has 0 spiro atoms. The summed E-state index contributed by atoms with van der Waals surface area (Å²) in [5.74, 6) is 0. The van der Waals surface area contributed by atoms with Crippen LogP contribution in [0.3, 0.4) is 0 Å². The predicted octanol–water partition coefficient (Wildman–Crippen LogP) is 9.74. The van der Waals surface area contributed by atoms with Gasteiger partial charge in [0, 0.05) is 0 Å². The summed E-state index contributed by atoms with van der Waals surface area (Å²) in [6, 6.07) is 0. The number of hydrogen-bond donors (Lipinski definition) is 1. The van der Waals surface area contributed by atoms with Gasteiger partial charge in [-0.2, -0.15) is 0 Å². The van der Waals surface area contributed by atoms with E-state index in [0.29, 0.717) is 0 Å². The molecule has 0 aromatic carbocycles. The van der Waals surface area contributed by atoms with Crippen LogP contribution in [0, 0.1) is 0 Å². The Hall–Kier alpha value is 0.870. The predicted molar refractivity (Wildman–Crippen MR) is 152 cm³/mol. The van der Waals surface area contributed by atoms with Crippen LogP contribution in [0.2, 0.25) is 0 Å². The van der Waals surface area contributed by atoms with E-state index in [-0.39, 0.29) is 17.0 Å². The van der Waals surface area contributed by atoms with Crippen molar-refractivity contribution >= 4 is 24.2 Å². The van der Waals surface area contributed by atoms with E-state index in [1.54, 1.807) is 18.5 Å². The van der Waals surface area contributed by atoms with Crippen molar-refractivity contribution in [3.63, 3.8) is 0 Å². The summed E-state index contributed by atoms with van der Waals surface area (Å²) in [7, 11) is -1.10. The summed E-state index contributed by atoms with van der Waals surface area (Å²) >= 11 is 0. The fourth-order valence-corrected chi connectivity index (χ4v) is 10.5. The van der Waals surface area contributed by atoms with Crippen LogP contribution in [0.15, 0.2) is 0 Å². The Labute approximate surface area is 203 Å². The van der Waals surface area contributed by atoms with Gasteiger partial charge >= 0.3 is 187 Å². The van der Waals surface area contributed by atoms with Gasteiger partial charge in [-0.15, -0.1) is 17.0 Å². The Morgan fingerprint density at radius 1 is 0.400 bits per heavy atom. The first-order valence-electron chi connectivity index (χ1n) is 13.9. The maximum atomic E-state index is 5.99. The first-order chi connectivity index (χ1) is 14.2. The molecular weight excluding hydrogens is 449 g/mol. The van der Waals surface area contributed by atoms with E-state index in [1.807, 2.05) is 0 Å². The Bertz CT molecular complexity index is 270. The second-order valence-corrected chi connectivity index (χ2v) is 14.9. The summed E-state index contributed by atoms with van der Waals surface area (Å²) in [5.41, 5.74) is 5.99. The van der Waals surface area contributed by atoms with Gasteiger partial charge in [-0.05, 0) is 0 Å². The molecular formula is C27H61BrNP. The zero-order valence-corrected chi connectivity index (χ0v) is 24.2. The van der Waals surface area contributed by atoms with Crippen molar-refractivity contribution in [2.75, 3.05) is 31.2 Å².